The minimum absolute atomic E-state index is 0.893. The van der Waals surface area contributed by atoms with Gasteiger partial charge in [0.15, 0.2) is 0 Å². The van der Waals surface area contributed by atoms with Gasteiger partial charge in [0.25, 0.3) is 0 Å². The molecule has 3 heterocycles. The molecule has 0 fully saturated rings. The Morgan fingerprint density at radius 2 is 0.891 bits per heavy atom. The molecule has 0 unspecified atom stereocenters. The zero-order chi connectivity index (χ0) is 36.0. The lowest BCUT2D eigenvalue weighted by molar-refractivity contribution is 0.669. The highest BCUT2D eigenvalue weighted by Crippen LogP contribution is 2.42. The van der Waals surface area contributed by atoms with Crippen molar-refractivity contribution in [3.8, 4) is 33.6 Å². The Kier molecular flexibility index (Phi) is 6.34. The minimum atomic E-state index is 0.893. The zero-order valence-electron chi connectivity index (χ0n) is 29.8. The number of hydrogen-bond acceptors (Lipinski definition) is 1. The van der Waals surface area contributed by atoms with E-state index < -0.39 is 0 Å². The van der Waals surface area contributed by atoms with Gasteiger partial charge in [-0.2, -0.15) is 0 Å². The number of aromatic nitrogens is 2. The van der Waals surface area contributed by atoms with Crippen LogP contribution in [-0.4, -0.2) is 9.13 Å². The Balaban J connectivity index is 1.10. The third kappa shape index (κ3) is 4.50. The van der Waals surface area contributed by atoms with Crippen LogP contribution in [0.3, 0.4) is 0 Å². The smallest absolute Gasteiger partial charge is 0.137 e. The molecular formula is C52H32N2O. The number of benzene rings is 9. The predicted octanol–water partition coefficient (Wildman–Crippen LogP) is 14.3. The fourth-order valence-corrected chi connectivity index (χ4v) is 8.95. The molecule has 256 valence electrons. The van der Waals surface area contributed by atoms with E-state index >= 15 is 0 Å². The Morgan fingerprint density at radius 1 is 0.309 bits per heavy atom. The van der Waals surface area contributed by atoms with Gasteiger partial charge in [0, 0.05) is 32.6 Å². The van der Waals surface area contributed by atoms with Crippen molar-refractivity contribution in [2.24, 2.45) is 0 Å². The third-order valence-corrected chi connectivity index (χ3v) is 11.5. The summed E-state index contributed by atoms with van der Waals surface area (Å²) >= 11 is 0. The first kappa shape index (κ1) is 30.1. The molecule has 0 bridgehead atoms. The SMILES string of the molecule is c1ccc(-c2ccc3c4cc(-c5ccc6c(c5)c5cc7ccccc7cc5n6-c5cccc6oc7ccccc7c56)ccc4n(-c4ccccc4)c3c2)cc1. The Labute approximate surface area is 316 Å². The molecule has 0 saturated carbocycles. The first-order valence-corrected chi connectivity index (χ1v) is 18.8. The van der Waals surface area contributed by atoms with Crippen molar-refractivity contribution in [1.82, 2.24) is 9.13 Å². The van der Waals surface area contributed by atoms with Gasteiger partial charge in [-0.25, -0.2) is 0 Å². The highest BCUT2D eigenvalue weighted by molar-refractivity contribution is 6.18. The molecule has 0 atom stereocenters. The van der Waals surface area contributed by atoms with Gasteiger partial charge >= 0.3 is 0 Å². The maximum atomic E-state index is 6.37. The molecule has 0 N–H and O–H groups in total. The van der Waals surface area contributed by atoms with Crippen molar-refractivity contribution in [2.75, 3.05) is 0 Å². The number of fused-ring (bicyclic) bond motifs is 10. The van der Waals surface area contributed by atoms with Crippen LogP contribution in [0.25, 0.3) is 110 Å². The van der Waals surface area contributed by atoms with Gasteiger partial charge in [-0.05, 0) is 106 Å². The van der Waals surface area contributed by atoms with E-state index in [0.717, 1.165) is 33.3 Å². The van der Waals surface area contributed by atoms with Crippen LogP contribution in [0.15, 0.2) is 199 Å². The fourth-order valence-electron chi connectivity index (χ4n) is 8.95. The molecule has 12 rings (SSSR count). The molecule has 9 aromatic carbocycles. The summed E-state index contributed by atoms with van der Waals surface area (Å²) in [5.41, 5.74) is 13.6. The maximum absolute atomic E-state index is 6.37. The molecule has 3 heteroatoms. The van der Waals surface area contributed by atoms with E-state index in [2.05, 4.69) is 197 Å². The number of hydrogen-bond donors (Lipinski definition) is 0. The molecular weight excluding hydrogens is 669 g/mol. The van der Waals surface area contributed by atoms with E-state index in [1.807, 2.05) is 6.07 Å². The summed E-state index contributed by atoms with van der Waals surface area (Å²) in [6.07, 6.45) is 0. The van der Waals surface area contributed by atoms with Gasteiger partial charge in [-0.1, -0.05) is 121 Å². The van der Waals surface area contributed by atoms with Gasteiger partial charge in [-0.3, -0.25) is 0 Å². The van der Waals surface area contributed by atoms with Crippen LogP contribution >= 0.6 is 0 Å². The normalized spacial score (nSPS) is 12.0. The van der Waals surface area contributed by atoms with Crippen molar-refractivity contribution in [3.63, 3.8) is 0 Å². The average molecular weight is 701 g/mol. The zero-order valence-corrected chi connectivity index (χ0v) is 29.8. The number of furan rings is 1. The lowest BCUT2D eigenvalue weighted by Crippen LogP contribution is -1.95. The quantitative estimate of drug-likeness (QED) is 0.179. The predicted molar refractivity (Wildman–Crippen MR) is 231 cm³/mol. The molecule has 55 heavy (non-hydrogen) atoms. The topological polar surface area (TPSA) is 23.0 Å². The van der Waals surface area contributed by atoms with E-state index in [4.69, 9.17) is 4.42 Å². The van der Waals surface area contributed by atoms with Crippen LogP contribution in [0, 0.1) is 0 Å². The molecule has 0 saturated heterocycles. The molecule has 3 aromatic heterocycles. The molecule has 0 aliphatic carbocycles. The van der Waals surface area contributed by atoms with Crippen molar-refractivity contribution in [3.05, 3.63) is 194 Å². The van der Waals surface area contributed by atoms with Gasteiger partial charge in [-0.15, -0.1) is 0 Å². The van der Waals surface area contributed by atoms with Crippen molar-refractivity contribution in [2.45, 2.75) is 0 Å². The number of para-hydroxylation sites is 2. The Bertz CT molecular complexity index is 3470. The molecule has 0 spiro atoms. The summed E-state index contributed by atoms with van der Waals surface area (Å²) in [6, 6.07) is 70.4. The summed E-state index contributed by atoms with van der Waals surface area (Å²) in [5, 5.41) is 9.64. The van der Waals surface area contributed by atoms with Gasteiger partial charge in [0.2, 0.25) is 0 Å². The second-order valence-corrected chi connectivity index (χ2v) is 14.5. The number of nitrogens with zero attached hydrogens (tertiary/aromatic N) is 2. The van der Waals surface area contributed by atoms with Crippen LogP contribution < -0.4 is 0 Å². The third-order valence-electron chi connectivity index (χ3n) is 11.5. The van der Waals surface area contributed by atoms with E-state index in [9.17, 15) is 0 Å². The molecule has 0 amide bonds. The monoisotopic (exact) mass is 700 g/mol. The Hall–Kier alpha value is -7.36. The van der Waals surface area contributed by atoms with Crippen LogP contribution in [0.1, 0.15) is 0 Å². The lowest BCUT2D eigenvalue weighted by Gasteiger charge is -2.11. The van der Waals surface area contributed by atoms with E-state index in [1.54, 1.807) is 0 Å². The van der Waals surface area contributed by atoms with Crippen molar-refractivity contribution >= 4 is 76.3 Å². The van der Waals surface area contributed by atoms with Gasteiger partial charge < -0.3 is 13.6 Å². The second kappa shape index (κ2) is 11.6. The second-order valence-electron chi connectivity index (χ2n) is 14.5. The molecule has 12 aromatic rings. The summed E-state index contributed by atoms with van der Waals surface area (Å²) in [6.45, 7) is 0. The van der Waals surface area contributed by atoms with Crippen LogP contribution in [-0.2, 0) is 0 Å². The van der Waals surface area contributed by atoms with Crippen LogP contribution in [0.4, 0.5) is 0 Å². The highest BCUT2D eigenvalue weighted by atomic mass is 16.3. The first-order valence-electron chi connectivity index (χ1n) is 18.8. The molecule has 0 radical (unpaired) electrons. The lowest BCUT2D eigenvalue weighted by atomic mass is 9.99. The van der Waals surface area contributed by atoms with Crippen molar-refractivity contribution < 1.29 is 4.42 Å². The van der Waals surface area contributed by atoms with Gasteiger partial charge in [0.05, 0.1) is 33.1 Å². The standard InChI is InChI=1S/C52H32N2O/c1-3-12-33(13-4-1)38-22-25-40-42-29-36(23-26-45(42)53(48(40)32-38)39-16-5-2-6-17-39)37-24-27-46-43(30-37)44-28-34-14-7-8-15-35(34)31-49(44)54(46)47-19-11-21-51-52(47)41-18-9-10-20-50(41)55-51/h1-32H. The minimum Gasteiger partial charge on any atom is -0.456 e. The van der Waals surface area contributed by atoms with E-state index in [0.29, 0.717) is 0 Å². The highest BCUT2D eigenvalue weighted by Gasteiger charge is 2.20. The van der Waals surface area contributed by atoms with E-state index in [1.165, 1.54) is 76.6 Å². The van der Waals surface area contributed by atoms with Crippen molar-refractivity contribution in [1.29, 1.82) is 0 Å². The van der Waals surface area contributed by atoms with E-state index in [-0.39, 0.29) is 0 Å². The summed E-state index contributed by atoms with van der Waals surface area (Å²) in [5.74, 6) is 0. The van der Waals surface area contributed by atoms with Gasteiger partial charge in [0.1, 0.15) is 11.2 Å². The maximum Gasteiger partial charge on any atom is 0.137 e. The Morgan fingerprint density at radius 3 is 1.69 bits per heavy atom. The molecule has 0 aliphatic rings. The molecule has 3 nitrogen and oxygen atoms in total. The average Bonchev–Trinajstić information content (AvgIpc) is 3.90. The first-order chi connectivity index (χ1) is 27.3. The summed E-state index contributed by atoms with van der Waals surface area (Å²) < 4.78 is 11.2. The summed E-state index contributed by atoms with van der Waals surface area (Å²) in [4.78, 5) is 0. The summed E-state index contributed by atoms with van der Waals surface area (Å²) in [7, 11) is 0. The number of rotatable bonds is 4. The molecule has 0 aliphatic heterocycles. The fraction of sp³-hybridized carbons (Fsp3) is 0. The van der Waals surface area contributed by atoms with Crippen LogP contribution in [0.2, 0.25) is 0 Å². The van der Waals surface area contributed by atoms with Crippen LogP contribution in [0.5, 0.6) is 0 Å². The largest absolute Gasteiger partial charge is 0.456 e.